The van der Waals surface area contributed by atoms with E-state index in [1.54, 1.807) is 13.0 Å². The van der Waals surface area contributed by atoms with Gasteiger partial charge in [-0.1, -0.05) is 12.1 Å². The van der Waals surface area contributed by atoms with Crippen molar-refractivity contribution in [2.24, 2.45) is 0 Å². The van der Waals surface area contributed by atoms with Crippen LogP contribution in [0.15, 0.2) is 46.9 Å². The number of hydrogen-bond donors (Lipinski definition) is 2. The molecule has 0 atom stereocenters. The van der Waals surface area contributed by atoms with Gasteiger partial charge in [-0.15, -0.1) is 0 Å². The van der Waals surface area contributed by atoms with E-state index in [-0.39, 0.29) is 16.9 Å². The zero-order valence-corrected chi connectivity index (χ0v) is 12.5. The van der Waals surface area contributed by atoms with E-state index in [1.165, 1.54) is 24.3 Å². The molecule has 0 saturated heterocycles. The van der Waals surface area contributed by atoms with E-state index in [0.717, 1.165) is 12.1 Å². The Morgan fingerprint density at radius 1 is 0.958 bits per heavy atom. The van der Waals surface area contributed by atoms with E-state index in [1.807, 2.05) is 0 Å². The van der Waals surface area contributed by atoms with Gasteiger partial charge in [-0.25, -0.2) is 8.78 Å². The Morgan fingerprint density at radius 3 is 2.29 bits per heavy atom. The van der Waals surface area contributed by atoms with Crippen LogP contribution in [-0.2, 0) is 0 Å². The minimum absolute atomic E-state index is 0.0231. The number of fused-ring (bicyclic) bond motifs is 1. The van der Waals surface area contributed by atoms with Gasteiger partial charge >= 0.3 is 5.91 Å². The lowest BCUT2D eigenvalue weighted by molar-refractivity contribution is 0.0831. The smallest absolute Gasteiger partial charge is 0.305 e. The summed E-state index contributed by atoms with van der Waals surface area (Å²) in [7, 11) is 0. The summed E-state index contributed by atoms with van der Waals surface area (Å²) < 4.78 is 31.8. The molecule has 0 unspecified atom stereocenters. The zero-order chi connectivity index (χ0) is 17.3. The molecule has 5 nitrogen and oxygen atoms in total. The van der Waals surface area contributed by atoms with Crippen LogP contribution in [0.25, 0.3) is 11.0 Å². The second-order valence-electron chi connectivity index (χ2n) is 5.09. The molecule has 3 rings (SSSR count). The first-order valence-corrected chi connectivity index (χ1v) is 7.01. The molecular formula is C17H12F2N2O3. The van der Waals surface area contributed by atoms with Gasteiger partial charge < -0.3 is 4.42 Å². The van der Waals surface area contributed by atoms with Crippen LogP contribution < -0.4 is 10.9 Å². The standard InChI is InChI=1S/C17H12F2N2O3/c1-9-12-3-2-4-13(19)15(12)24-14(9)17(23)21-20-16(22)10-5-7-11(18)8-6-10/h2-8H,1H3,(H,20,22)(H,21,23). The fourth-order valence-electron chi connectivity index (χ4n) is 2.27. The fourth-order valence-corrected chi connectivity index (χ4v) is 2.27. The Morgan fingerprint density at radius 2 is 1.62 bits per heavy atom. The van der Waals surface area contributed by atoms with E-state index in [0.29, 0.717) is 10.9 Å². The van der Waals surface area contributed by atoms with Crippen LogP contribution in [0.5, 0.6) is 0 Å². The number of nitrogens with one attached hydrogen (secondary N) is 2. The topological polar surface area (TPSA) is 71.3 Å². The molecule has 3 aromatic rings. The van der Waals surface area contributed by atoms with Gasteiger partial charge in [0, 0.05) is 16.5 Å². The van der Waals surface area contributed by atoms with Crippen LogP contribution in [-0.4, -0.2) is 11.8 Å². The number of aryl methyl sites for hydroxylation is 1. The van der Waals surface area contributed by atoms with Crippen LogP contribution >= 0.6 is 0 Å². The van der Waals surface area contributed by atoms with Gasteiger partial charge in [0.1, 0.15) is 5.82 Å². The van der Waals surface area contributed by atoms with Gasteiger partial charge in [0.05, 0.1) is 0 Å². The number of hydrogen-bond acceptors (Lipinski definition) is 3. The Hall–Kier alpha value is -3.22. The van der Waals surface area contributed by atoms with Crippen LogP contribution in [0.2, 0.25) is 0 Å². The van der Waals surface area contributed by atoms with Gasteiger partial charge in [-0.2, -0.15) is 0 Å². The molecule has 2 aromatic carbocycles. The lowest BCUT2D eigenvalue weighted by Crippen LogP contribution is -2.41. The number of carbonyl (C=O) groups excluding carboxylic acids is 2. The highest BCUT2D eigenvalue weighted by Gasteiger charge is 2.20. The van der Waals surface area contributed by atoms with E-state index in [2.05, 4.69) is 10.9 Å². The van der Waals surface area contributed by atoms with Gasteiger partial charge in [0.25, 0.3) is 5.91 Å². The van der Waals surface area contributed by atoms with E-state index in [9.17, 15) is 18.4 Å². The predicted octanol–water partition coefficient (Wildman–Crippen LogP) is 3.09. The third kappa shape index (κ3) is 2.83. The highest BCUT2D eigenvalue weighted by Crippen LogP contribution is 2.27. The predicted molar refractivity (Wildman–Crippen MR) is 82.2 cm³/mol. The zero-order valence-electron chi connectivity index (χ0n) is 12.5. The number of para-hydroxylation sites is 1. The van der Waals surface area contributed by atoms with Crippen molar-refractivity contribution in [2.75, 3.05) is 0 Å². The average Bonchev–Trinajstić information content (AvgIpc) is 2.92. The van der Waals surface area contributed by atoms with Crippen molar-refractivity contribution in [2.45, 2.75) is 6.92 Å². The molecule has 0 aliphatic heterocycles. The quantitative estimate of drug-likeness (QED) is 0.709. The number of halogens is 2. The van der Waals surface area contributed by atoms with Crippen LogP contribution in [0, 0.1) is 18.6 Å². The summed E-state index contributed by atoms with van der Waals surface area (Å²) >= 11 is 0. The third-order valence-corrected chi connectivity index (χ3v) is 3.52. The summed E-state index contributed by atoms with van der Waals surface area (Å²) in [5.41, 5.74) is 4.98. The fraction of sp³-hybridized carbons (Fsp3) is 0.0588. The lowest BCUT2D eigenvalue weighted by Gasteiger charge is -2.06. The number of benzene rings is 2. The Labute approximate surface area is 135 Å². The molecule has 1 aromatic heterocycles. The molecule has 0 aliphatic rings. The van der Waals surface area contributed by atoms with Crippen molar-refractivity contribution < 1.29 is 22.8 Å². The van der Waals surface area contributed by atoms with E-state index in [4.69, 9.17) is 4.42 Å². The van der Waals surface area contributed by atoms with Crippen molar-refractivity contribution in [3.05, 3.63) is 71.0 Å². The third-order valence-electron chi connectivity index (χ3n) is 3.52. The normalized spacial score (nSPS) is 10.6. The maximum Gasteiger partial charge on any atom is 0.305 e. The summed E-state index contributed by atoms with van der Waals surface area (Å²) in [6, 6.07) is 9.18. The molecule has 0 saturated carbocycles. The van der Waals surface area contributed by atoms with Gasteiger partial charge in [0.2, 0.25) is 0 Å². The largest absolute Gasteiger partial charge is 0.447 e. The minimum Gasteiger partial charge on any atom is -0.447 e. The average molecular weight is 330 g/mol. The molecule has 0 spiro atoms. The van der Waals surface area contributed by atoms with Crippen LogP contribution in [0.1, 0.15) is 26.5 Å². The molecule has 0 radical (unpaired) electrons. The minimum atomic E-state index is -0.724. The van der Waals surface area contributed by atoms with Crippen molar-refractivity contribution >= 4 is 22.8 Å². The molecular weight excluding hydrogens is 318 g/mol. The Bertz CT molecular complexity index is 933. The van der Waals surface area contributed by atoms with Crippen LogP contribution in [0.3, 0.4) is 0 Å². The second kappa shape index (κ2) is 6.11. The van der Waals surface area contributed by atoms with Gasteiger partial charge in [-0.05, 0) is 37.3 Å². The number of carbonyl (C=O) groups is 2. The lowest BCUT2D eigenvalue weighted by atomic mass is 10.1. The van der Waals surface area contributed by atoms with Crippen molar-refractivity contribution in [1.82, 2.24) is 10.9 Å². The van der Waals surface area contributed by atoms with Crippen LogP contribution in [0.4, 0.5) is 8.78 Å². The van der Waals surface area contributed by atoms with E-state index < -0.39 is 23.4 Å². The number of furan rings is 1. The Kier molecular flexibility index (Phi) is 3.99. The molecule has 122 valence electrons. The summed E-state index contributed by atoms with van der Waals surface area (Å²) in [6.45, 7) is 1.61. The second-order valence-corrected chi connectivity index (χ2v) is 5.09. The maximum absolute atomic E-state index is 13.7. The van der Waals surface area contributed by atoms with Gasteiger partial charge in [0.15, 0.2) is 17.2 Å². The molecule has 7 heteroatoms. The first-order valence-electron chi connectivity index (χ1n) is 7.01. The summed E-state index contributed by atoms with van der Waals surface area (Å²) in [4.78, 5) is 24.0. The van der Waals surface area contributed by atoms with E-state index >= 15 is 0 Å². The summed E-state index contributed by atoms with van der Waals surface area (Å²) in [5.74, 6) is -2.50. The maximum atomic E-state index is 13.7. The first-order chi connectivity index (χ1) is 11.5. The van der Waals surface area contributed by atoms with Crippen molar-refractivity contribution in [3.8, 4) is 0 Å². The molecule has 1 heterocycles. The summed E-state index contributed by atoms with van der Waals surface area (Å²) in [6.07, 6.45) is 0. The summed E-state index contributed by atoms with van der Waals surface area (Å²) in [5, 5.41) is 0.477. The Balaban J connectivity index is 1.76. The number of hydrazine groups is 1. The molecule has 24 heavy (non-hydrogen) atoms. The first kappa shape index (κ1) is 15.7. The highest BCUT2D eigenvalue weighted by molar-refractivity contribution is 6.01. The monoisotopic (exact) mass is 330 g/mol. The molecule has 2 amide bonds. The van der Waals surface area contributed by atoms with Gasteiger partial charge in [-0.3, -0.25) is 20.4 Å². The SMILES string of the molecule is Cc1c(C(=O)NNC(=O)c2ccc(F)cc2)oc2c(F)cccc12. The molecule has 0 fully saturated rings. The van der Waals surface area contributed by atoms with Crippen molar-refractivity contribution in [3.63, 3.8) is 0 Å². The molecule has 0 aliphatic carbocycles. The molecule has 0 bridgehead atoms. The molecule has 2 N–H and O–H groups in total. The number of amides is 2. The highest BCUT2D eigenvalue weighted by atomic mass is 19.1. The van der Waals surface area contributed by atoms with Crippen molar-refractivity contribution in [1.29, 1.82) is 0 Å². The number of rotatable bonds is 2.